The number of Topliss-reactive ketones (excluding diaryl/α,β-unsaturated/α-hetero) is 1. The fraction of sp³-hybridized carbons (Fsp3) is 0.536. The summed E-state index contributed by atoms with van der Waals surface area (Å²) in [5, 5.41) is 92.8. The highest BCUT2D eigenvalue weighted by Crippen LogP contribution is 2.44. The number of aliphatic hydroxyl groups excluding tert-OH is 6. The van der Waals surface area contributed by atoms with Crippen LogP contribution in [0.15, 0.2) is 30.3 Å². The highest BCUT2D eigenvalue weighted by Gasteiger charge is 2.50. The van der Waals surface area contributed by atoms with Gasteiger partial charge in [0.1, 0.15) is 65.5 Å². The summed E-state index contributed by atoms with van der Waals surface area (Å²) in [6, 6.07) is 6.08. The Morgan fingerprint density at radius 2 is 1.48 bits per heavy atom. The zero-order chi connectivity index (χ0) is 32.0. The van der Waals surface area contributed by atoms with Gasteiger partial charge in [0.05, 0.1) is 19.8 Å². The number of ether oxygens (including phenoxy) is 6. The van der Waals surface area contributed by atoms with Gasteiger partial charge in [0, 0.05) is 12.1 Å². The number of hydrogen-bond acceptors (Lipinski definition) is 16. The van der Waals surface area contributed by atoms with E-state index >= 15 is 0 Å². The monoisotopic (exact) mass is 626 g/mol. The number of aromatic hydroxyl groups is 3. The first-order valence-electron chi connectivity index (χ1n) is 13.6. The topological polar surface area (TPSA) is 255 Å². The van der Waals surface area contributed by atoms with Gasteiger partial charge in [0.15, 0.2) is 36.3 Å². The molecule has 16 heteroatoms. The molecule has 2 aromatic carbocycles. The van der Waals surface area contributed by atoms with Crippen LogP contribution >= 0.6 is 0 Å². The van der Waals surface area contributed by atoms with Gasteiger partial charge >= 0.3 is 0 Å². The quantitative estimate of drug-likeness (QED) is 0.164. The maximum absolute atomic E-state index is 13.7. The van der Waals surface area contributed by atoms with Gasteiger partial charge in [0.25, 0.3) is 0 Å². The Kier molecular flexibility index (Phi) is 9.20. The third-order valence-electron chi connectivity index (χ3n) is 7.81. The zero-order valence-corrected chi connectivity index (χ0v) is 23.4. The molecular weight excluding hydrogens is 592 g/mol. The average Bonchev–Trinajstić information content (AvgIpc) is 2.98. The van der Waals surface area contributed by atoms with Crippen molar-refractivity contribution in [3.63, 3.8) is 0 Å². The lowest BCUT2D eigenvalue weighted by Crippen LogP contribution is -2.62. The highest BCUT2D eigenvalue weighted by atomic mass is 16.7. The molecule has 0 saturated carbocycles. The first kappa shape index (κ1) is 32.1. The van der Waals surface area contributed by atoms with E-state index in [1.807, 2.05) is 0 Å². The number of benzene rings is 2. The number of phenols is 3. The molecule has 3 aliphatic rings. The Morgan fingerprint density at radius 1 is 0.795 bits per heavy atom. The number of methoxy groups -OCH3 is 1. The minimum atomic E-state index is -1.91. The second-order valence-electron chi connectivity index (χ2n) is 10.8. The summed E-state index contributed by atoms with van der Waals surface area (Å²) in [6.07, 6.45) is -18.9. The normalized spacial score (nSPS) is 37.2. The number of aliphatic hydroxyl groups is 6. The molecule has 0 amide bonds. The Labute approximate surface area is 249 Å². The van der Waals surface area contributed by atoms with Gasteiger partial charge in [-0.2, -0.15) is 0 Å². The van der Waals surface area contributed by atoms with E-state index in [1.54, 1.807) is 0 Å². The molecule has 9 N–H and O–H groups in total. The van der Waals surface area contributed by atoms with E-state index in [0.717, 1.165) is 12.1 Å². The van der Waals surface area contributed by atoms with Crippen LogP contribution in [0.5, 0.6) is 28.7 Å². The van der Waals surface area contributed by atoms with Crippen molar-refractivity contribution < 1.29 is 79.2 Å². The average molecular weight is 627 g/mol. The lowest BCUT2D eigenvalue weighted by molar-refractivity contribution is -0.333. The molecule has 44 heavy (non-hydrogen) atoms. The molecule has 3 heterocycles. The minimum absolute atomic E-state index is 0.110. The lowest BCUT2D eigenvalue weighted by atomic mass is 9.92. The summed E-state index contributed by atoms with van der Waals surface area (Å²) < 4.78 is 33.4. The fourth-order valence-corrected chi connectivity index (χ4v) is 5.32. The van der Waals surface area contributed by atoms with Crippen LogP contribution in [0.1, 0.15) is 28.9 Å². The van der Waals surface area contributed by atoms with Crippen molar-refractivity contribution in [2.75, 3.05) is 13.7 Å². The Balaban J connectivity index is 1.41. The van der Waals surface area contributed by atoms with Crippen molar-refractivity contribution in [2.24, 2.45) is 0 Å². The van der Waals surface area contributed by atoms with Gasteiger partial charge in [-0.25, -0.2) is 0 Å². The molecule has 2 fully saturated rings. The van der Waals surface area contributed by atoms with Crippen molar-refractivity contribution in [1.82, 2.24) is 0 Å². The molecule has 3 aliphatic heterocycles. The number of carbonyl (C=O) groups is 1. The van der Waals surface area contributed by atoms with Gasteiger partial charge < -0.3 is 74.4 Å². The van der Waals surface area contributed by atoms with Crippen LogP contribution < -0.4 is 9.47 Å². The second-order valence-corrected chi connectivity index (χ2v) is 10.8. The molecule has 0 bridgehead atoms. The first-order valence-corrected chi connectivity index (χ1v) is 13.6. The van der Waals surface area contributed by atoms with E-state index in [1.165, 1.54) is 32.2 Å². The molecule has 2 saturated heterocycles. The van der Waals surface area contributed by atoms with Crippen LogP contribution in [0, 0.1) is 0 Å². The standard InChI is InChI=1S/C28H34O16/c1-9-18(32)21(35)23(37)27(41-9)40-8-16-19(33)22(36)24(38)28(43-16)44-26-20(34)17-13(31)6-11(29)7-15(17)42-25(26)10-3-4-14(39-2)12(30)5-10/h3-7,9,16,18-19,21-33,35-38H,8H2,1-2H3/t9-,16+,18-,19+,21+,22-,23+,24+,25?,26?,27+,28-/m0/s1. The van der Waals surface area contributed by atoms with Crippen LogP contribution in [-0.4, -0.2) is 133 Å². The Bertz CT molecular complexity index is 1350. The summed E-state index contributed by atoms with van der Waals surface area (Å²) in [6.45, 7) is 0.863. The van der Waals surface area contributed by atoms with E-state index in [0.29, 0.717) is 0 Å². The lowest BCUT2D eigenvalue weighted by Gasteiger charge is -2.44. The smallest absolute Gasteiger partial charge is 0.203 e. The van der Waals surface area contributed by atoms with E-state index in [4.69, 9.17) is 28.4 Å². The van der Waals surface area contributed by atoms with Crippen LogP contribution in [0.3, 0.4) is 0 Å². The SMILES string of the molecule is COc1ccc(C2Oc3cc(O)cc(O)c3C(=O)C2O[C@@H]2O[C@H](CO[C@@H]3O[C@@H](C)[C@H](O)[C@@H](O)[C@H]3O)[C@@H](O)[C@H](O)[C@H]2O)cc1O. The molecule has 2 unspecified atom stereocenters. The van der Waals surface area contributed by atoms with Crippen molar-refractivity contribution in [3.8, 4) is 28.7 Å². The van der Waals surface area contributed by atoms with Crippen LogP contribution in [-0.2, 0) is 18.9 Å². The molecule has 5 rings (SSSR count). The second kappa shape index (κ2) is 12.6. The van der Waals surface area contributed by atoms with Gasteiger partial charge in [-0.05, 0) is 24.6 Å². The fourth-order valence-electron chi connectivity index (χ4n) is 5.32. The number of ketones is 1. The maximum atomic E-state index is 13.7. The number of fused-ring (bicyclic) bond motifs is 1. The van der Waals surface area contributed by atoms with Crippen molar-refractivity contribution in [3.05, 3.63) is 41.5 Å². The molecule has 242 valence electrons. The van der Waals surface area contributed by atoms with Crippen LogP contribution in [0.25, 0.3) is 0 Å². The number of rotatable bonds is 7. The summed E-state index contributed by atoms with van der Waals surface area (Å²) in [4.78, 5) is 13.7. The van der Waals surface area contributed by atoms with Crippen molar-refractivity contribution >= 4 is 5.78 Å². The van der Waals surface area contributed by atoms with Crippen molar-refractivity contribution in [2.45, 2.75) is 80.5 Å². The van der Waals surface area contributed by atoms with E-state index in [9.17, 15) is 50.8 Å². The van der Waals surface area contributed by atoms with E-state index < -0.39 is 97.5 Å². The van der Waals surface area contributed by atoms with E-state index in [2.05, 4.69) is 0 Å². The third kappa shape index (κ3) is 5.89. The van der Waals surface area contributed by atoms with Gasteiger partial charge in [-0.3, -0.25) is 4.79 Å². The summed E-state index contributed by atoms with van der Waals surface area (Å²) in [5.74, 6) is -2.31. The van der Waals surface area contributed by atoms with Gasteiger partial charge in [0.2, 0.25) is 5.78 Å². The molecule has 16 nitrogen and oxygen atoms in total. The highest BCUT2D eigenvalue weighted by molar-refractivity contribution is 6.05. The van der Waals surface area contributed by atoms with Crippen molar-refractivity contribution in [1.29, 1.82) is 0 Å². The van der Waals surface area contributed by atoms with Crippen LogP contribution in [0.2, 0.25) is 0 Å². The summed E-state index contributed by atoms with van der Waals surface area (Å²) in [7, 11) is 1.33. The maximum Gasteiger partial charge on any atom is 0.203 e. The summed E-state index contributed by atoms with van der Waals surface area (Å²) >= 11 is 0. The predicted molar refractivity (Wildman–Crippen MR) is 142 cm³/mol. The Hall–Kier alpha value is -3.29. The molecular formula is C28H34O16. The molecule has 0 aromatic heterocycles. The van der Waals surface area contributed by atoms with Crippen LogP contribution in [0.4, 0.5) is 0 Å². The molecule has 0 radical (unpaired) electrons. The zero-order valence-electron chi connectivity index (χ0n) is 23.4. The third-order valence-corrected chi connectivity index (χ3v) is 7.81. The molecule has 12 atom stereocenters. The molecule has 2 aromatic rings. The molecule has 0 spiro atoms. The largest absolute Gasteiger partial charge is 0.508 e. The number of phenolic OH excluding ortho intramolecular Hbond substituents is 3. The number of carbonyl (C=O) groups excluding carboxylic acids is 1. The molecule has 0 aliphatic carbocycles. The Morgan fingerprint density at radius 3 is 2.16 bits per heavy atom. The van der Waals surface area contributed by atoms with Gasteiger partial charge in [-0.1, -0.05) is 6.07 Å². The summed E-state index contributed by atoms with van der Waals surface area (Å²) in [5.41, 5.74) is -0.176. The number of hydrogen-bond donors (Lipinski definition) is 9. The van der Waals surface area contributed by atoms with Gasteiger partial charge in [-0.15, -0.1) is 0 Å². The predicted octanol–water partition coefficient (Wildman–Crippen LogP) is -1.83. The minimum Gasteiger partial charge on any atom is -0.508 e. The van der Waals surface area contributed by atoms with E-state index in [-0.39, 0.29) is 28.4 Å². The first-order chi connectivity index (χ1) is 20.8.